The maximum absolute atomic E-state index is 4.32. The molecule has 0 saturated heterocycles. The first-order valence-electron chi connectivity index (χ1n) is 7.36. The molecule has 0 unspecified atom stereocenters. The zero-order valence-corrected chi connectivity index (χ0v) is 11.8. The molecule has 0 atom stereocenters. The third-order valence-corrected chi connectivity index (χ3v) is 4.17. The summed E-state index contributed by atoms with van der Waals surface area (Å²) in [5.74, 6) is 1.93. The van der Waals surface area contributed by atoms with Gasteiger partial charge >= 0.3 is 0 Å². The third kappa shape index (κ3) is 4.41. The summed E-state index contributed by atoms with van der Waals surface area (Å²) in [6, 6.07) is 4.25. The molecule has 2 rings (SSSR count). The van der Waals surface area contributed by atoms with Gasteiger partial charge in [0.15, 0.2) is 0 Å². The van der Waals surface area contributed by atoms with Gasteiger partial charge in [0.1, 0.15) is 0 Å². The molecule has 0 amide bonds. The van der Waals surface area contributed by atoms with Crippen LogP contribution in [0.1, 0.15) is 50.3 Å². The van der Waals surface area contributed by atoms with Gasteiger partial charge < -0.3 is 5.32 Å². The van der Waals surface area contributed by atoms with Crippen LogP contribution >= 0.6 is 0 Å². The fraction of sp³-hybridized carbons (Fsp3) is 0.688. The lowest BCUT2D eigenvalue weighted by Crippen LogP contribution is -2.20. The summed E-state index contributed by atoms with van der Waals surface area (Å²) in [5.41, 5.74) is 2.38. The Morgan fingerprint density at radius 1 is 1.22 bits per heavy atom. The van der Waals surface area contributed by atoms with Crippen molar-refractivity contribution in [2.45, 2.75) is 52.5 Å². The van der Waals surface area contributed by atoms with Crippen molar-refractivity contribution in [3.8, 4) is 0 Å². The molecule has 1 fully saturated rings. The molecule has 1 aromatic rings. The van der Waals surface area contributed by atoms with Gasteiger partial charge in [-0.15, -0.1) is 0 Å². The van der Waals surface area contributed by atoms with E-state index in [0.29, 0.717) is 0 Å². The van der Waals surface area contributed by atoms with Crippen LogP contribution in [0.5, 0.6) is 0 Å². The van der Waals surface area contributed by atoms with Crippen LogP contribution in [-0.4, -0.2) is 11.5 Å². The molecular weight excluding hydrogens is 220 g/mol. The van der Waals surface area contributed by atoms with Crippen LogP contribution < -0.4 is 5.32 Å². The normalized spacial score (nSPS) is 24.1. The highest BCUT2D eigenvalue weighted by atomic mass is 14.8. The van der Waals surface area contributed by atoms with E-state index >= 15 is 0 Å². The first-order valence-corrected chi connectivity index (χ1v) is 7.36. The van der Waals surface area contributed by atoms with Crippen LogP contribution in [0.25, 0.3) is 0 Å². The molecule has 1 aliphatic rings. The predicted octanol–water partition coefficient (Wildman–Crippen LogP) is 3.70. The molecule has 0 aliphatic heterocycles. The number of aromatic nitrogens is 1. The molecule has 100 valence electrons. The molecule has 1 aromatic heterocycles. The minimum atomic E-state index is 0.955. The monoisotopic (exact) mass is 246 g/mol. The Hall–Kier alpha value is -0.890. The standard InChI is InChI=1S/C16H26N2/c1-13-3-6-15(7-4-13)9-10-17-11-16-8-5-14(2)18-12-16/h5,8,12-13,15,17H,3-4,6-7,9-11H2,1-2H3. The topological polar surface area (TPSA) is 24.9 Å². The highest BCUT2D eigenvalue weighted by Crippen LogP contribution is 2.29. The molecule has 1 saturated carbocycles. The number of hydrogen-bond donors (Lipinski definition) is 1. The molecule has 2 heteroatoms. The Kier molecular flexibility index (Phi) is 5.18. The molecule has 0 bridgehead atoms. The van der Waals surface area contributed by atoms with E-state index < -0.39 is 0 Å². The SMILES string of the molecule is Cc1ccc(CNCCC2CCC(C)CC2)cn1. The van der Waals surface area contributed by atoms with E-state index in [4.69, 9.17) is 0 Å². The van der Waals surface area contributed by atoms with Gasteiger partial charge in [-0.05, 0) is 43.4 Å². The number of aryl methyl sites for hydroxylation is 1. The van der Waals surface area contributed by atoms with Crippen molar-refractivity contribution < 1.29 is 0 Å². The minimum Gasteiger partial charge on any atom is -0.313 e. The van der Waals surface area contributed by atoms with Crippen LogP contribution in [-0.2, 0) is 6.54 Å². The van der Waals surface area contributed by atoms with Gasteiger partial charge in [0.05, 0.1) is 0 Å². The molecule has 0 radical (unpaired) electrons. The van der Waals surface area contributed by atoms with Crippen molar-refractivity contribution in [2.75, 3.05) is 6.54 Å². The van der Waals surface area contributed by atoms with Gasteiger partial charge in [-0.3, -0.25) is 4.98 Å². The Morgan fingerprint density at radius 3 is 2.67 bits per heavy atom. The lowest BCUT2D eigenvalue weighted by molar-refractivity contribution is 0.275. The van der Waals surface area contributed by atoms with Crippen molar-refractivity contribution in [1.82, 2.24) is 10.3 Å². The van der Waals surface area contributed by atoms with E-state index in [-0.39, 0.29) is 0 Å². The van der Waals surface area contributed by atoms with E-state index in [0.717, 1.165) is 30.6 Å². The molecule has 2 nitrogen and oxygen atoms in total. The van der Waals surface area contributed by atoms with E-state index in [1.807, 2.05) is 13.1 Å². The van der Waals surface area contributed by atoms with Crippen molar-refractivity contribution in [3.63, 3.8) is 0 Å². The molecule has 1 aliphatic carbocycles. The summed E-state index contributed by atoms with van der Waals surface area (Å²) in [5, 5.41) is 3.54. The molecule has 1 N–H and O–H groups in total. The summed E-state index contributed by atoms with van der Waals surface area (Å²) in [7, 11) is 0. The average molecular weight is 246 g/mol. The third-order valence-electron chi connectivity index (χ3n) is 4.17. The van der Waals surface area contributed by atoms with Crippen LogP contribution in [0.15, 0.2) is 18.3 Å². The summed E-state index contributed by atoms with van der Waals surface area (Å²) in [6.07, 6.45) is 9.07. The highest BCUT2D eigenvalue weighted by Gasteiger charge is 2.17. The summed E-state index contributed by atoms with van der Waals surface area (Å²) in [6.45, 7) is 6.52. The van der Waals surface area contributed by atoms with Gasteiger partial charge in [0.2, 0.25) is 0 Å². The Labute approximate surface area is 111 Å². The average Bonchev–Trinajstić information content (AvgIpc) is 2.39. The first-order chi connectivity index (χ1) is 8.74. The molecule has 1 heterocycles. The van der Waals surface area contributed by atoms with Crippen molar-refractivity contribution >= 4 is 0 Å². The van der Waals surface area contributed by atoms with E-state index in [1.165, 1.54) is 37.7 Å². The van der Waals surface area contributed by atoms with E-state index in [2.05, 4.69) is 29.4 Å². The van der Waals surface area contributed by atoms with Crippen LogP contribution in [0.4, 0.5) is 0 Å². The zero-order valence-electron chi connectivity index (χ0n) is 11.8. The van der Waals surface area contributed by atoms with Gasteiger partial charge in [-0.25, -0.2) is 0 Å². The summed E-state index contributed by atoms with van der Waals surface area (Å²) >= 11 is 0. The number of nitrogens with zero attached hydrogens (tertiary/aromatic N) is 1. The van der Waals surface area contributed by atoms with Crippen molar-refractivity contribution in [3.05, 3.63) is 29.6 Å². The van der Waals surface area contributed by atoms with Crippen molar-refractivity contribution in [2.24, 2.45) is 11.8 Å². The lowest BCUT2D eigenvalue weighted by Gasteiger charge is -2.26. The second kappa shape index (κ2) is 6.89. The molecule has 0 spiro atoms. The Bertz CT molecular complexity index is 337. The lowest BCUT2D eigenvalue weighted by atomic mass is 9.81. The quantitative estimate of drug-likeness (QED) is 0.801. The van der Waals surface area contributed by atoms with E-state index in [9.17, 15) is 0 Å². The Morgan fingerprint density at radius 2 is 2.00 bits per heavy atom. The summed E-state index contributed by atoms with van der Waals surface area (Å²) < 4.78 is 0. The number of hydrogen-bond acceptors (Lipinski definition) is 2. The molecular formula is C16H26N2. The highest BCUT2D eigenvalue weighted by molar-refractivity contribution is 5.12. The number of pyridine rings is 1. The van der Waals surface area contributed by atoms with E-state index in [1.54, 1.807) is 0 Å². The second-order valence-corrected chi connectivity index (χ2v) is 5.90. The largest absolute Gasteiger partial charge is 0.313 e. The van der Waals surface area contributed by atoms with Gasteiger partial charge in [-0.2, -0.15) is 0 Å². The minimum absolute atomic E-state index is 0.955. The number of rotatable bonds is 5. The first kappa shape index (κ1) is 13.5. The Balaban J connectivity index is 1.60. The predicted molar refractivity (Wildman–Crippen MR) is 76.4 cm³/mol. The smallest absolute Gasteiger partial charge is 0.0372 e. The van der Waals surface area contributed by atoms with Crippen LogP contribution in [0.2, 0.25) is 0 Å². The zero-order chi connectivity index (χ0) is 12.8. The van der Waals surface area contributed by atoms with Gasteiger partial charge in [0.25, 0.3) is 0 Å². The van der Waals surface area contributed by atoms with Crippen LogP contribution in [0.3, 0.4) is 0 Å². The van der Waals surface area contributed by atoms with Crippen molar-refractivity contribution in [1.29, 1.82) is 0 Å². The molecule has 0 aromatic carbocycles. The van der Waals surface area contributed by atoms with Gasteiger partial charge in [-0.1, -0.05) is 38.7 Å². The maximum Gasteiger partial charge on any atom is 0.0372 e. The summed E-state index contributed by atoms with van der Waals surface area (Å²) in [4.78, 5) is 4.32. The maximum atomic E-state index is 4.32. The van der Waals surface area contributed by atoms with Gasteiger partial charge in [0, 0.05) is 18.4 Å². The second-order valence-electron chi connectivity index (χ2n) is 5.90. The fourth-order valence-electron chi connectivity index (χ4n) is 2.76. The van der Waals surface area contributed by atoms with Crippen LogP contribution in [0, 0.1) is 18.8 Å². The fourth-order valence-corrected chi connectivity index (χ4v) is 2.76. The molecule has 18 heavy (non-hydrogen) atoms. The number of nitrogens with one attached hydrogen (secondary N) is 1.